The van der Waals surface area contributed by atoms with Gasteiger partial charge in [0, 0.05) is 19.2 Å². The minimum Gasteiger partial charge on any atom is -0.334 e. The van der Waals surface area contributed by atoms with Crippen molar-refractivity contribution in [2.45, 2.75) is 45.0 Å². The molecule has 1 aromatic carbocycles. The second kappa shape index (κ2) is 8.70. The predicted octanol–water partition coefficient (Wildman–Crippen LogP) is 3.11. The number of fused-ring (bicyclic) bond motifs is 1. The average Bonchev–Trinajstić information content (AvgIpc) is 3.22. The lowest BCUT2D eigenvalue weighted by Gasteiger charge is -2.15. The molecular formula is C22H24N6O3S. The van der Waals surface area contributed by atoms with Crippen LogP contribution in [0.4, 0.5) is 0 Å². The third-order valence-electron chi connectivity index (χ3n) is 4.91. The molecule has 0 saturated heterocycles. The number of rotatable bonds is 6. The molecule has 32 heavy (non-hydrogen) atoms. The maximum Gasteiger partial charge on any atom is 0.332 e. The van der Waals surface area contributed by atoms with Crippen molar-refractivity contribution in [3.8, 4) is 11.5 Å². The van der Waals surface area contributed by atoms with Gasteiger partial charge >= 0.3 is 5.69 Å². The first-order chi connectivity index (χ1) is 15.2. The Morgan fingerprint density at radius 2 is 1.78 bits per heavy atom. The van der Waals surface area contributed by atoms with Crippen LogP contribution >= 0.6 is 11.8 Å². The summed E-state index contributed by atoms with van der Waals surface area (Å²) in [5, 5.41) is 4.87. The summed E-state index contributed by atoms with van der Waals surface area (Å²) in [6.45, 7) is 8.23. The number of benzene rings is 1. The number of aryl methyl sites for hydroxylation is 2. The van der Waals surface area contributed by atoms with Crippen LogP contribution in [0.15, 0.2) is 43.4 Å². The molecule has 166 valence electrons. The highest BCUT2D eigenvalue weighted by atomic mass is 32.2. The number of nitrogens with zero attached hydrogens (tertiary/aromatic N) is 6. The third-order valence-corrected chi connectivity index (χ3v) is 5.88. The van der Waals surface area contributed by atoms with Crippen molar-refractivity contribution in [1.82, 2.24) is 29.2 Å². The summed E-state index contributed by atoms with van der Waals surface area (Å²) in [5.74, 6) is 1.97. The lowest BCUT2D eigenvalue weighted by Crippen LogP contribution is -2.39. The molecule has 10 heteroatoms. The molecule has 0 spiro atoms. The van der Waals surface area contributed by atoms with Crippen LogP contribution in [-0.4, -0.2) is 29.2 Å². The maximum absolute atomic E-state index is 13.0. The summed E-state index contributed by atoms with van der Waals surface area (Å²) in [7, 11) is 1.47. The van der Waals surface area contributed by atoms with E-state index >= 15 is 0 Å². The Labute approximate surface area is 188 Å². The minimum absolute atomic E-state index is 0.208. The SMILES string of the molecule is Cc1ccc(-c2nc(CSc3nc(C)nc4c3c(=O)n(C)c(=O)n4CC(C)C)no2)cc1. The molecule has 0 unspecified atom stereocenters. The number of hydrogen-bond acceptors (Lipinski definition) is 8. The van der Waals surface area contributed by atoms with Crippen molar-refractivity contribution in [3.05, 3.63) is 62.3 Å². The zero-order valence-electron chi connectivity index (χ0n) is 18.6. The Hall–Kier alpha value is -3.27. The van der Waals surface area contributed by atoms with Gasteiger partial charge in [-0.25, -0.2) is 14.8 Å². The minimum atomic E-state index is -0.416. The molecule has 0 aliphatic rings. The van der Waals surface area contributed by atoms with Gasteiger partial charge in [0.25, 0.3) is 11.4 Å². The lowest BCUT2D eigenvalue weighted by atomic mass is 10.1. The van der Waals surface area contributed by atoms with Crippen LogP contribution in [-0.2, 0) is 19.3 Å². The van der Waals surface area contributed by atoms with Crippen molar-refractivity contribution in [3.63, 3.8) is 0 Å². The molecule has 0 aliphatic heterocycles. The van der Waals surface area contributed by atoms with E-state index in [9.17, 15) is 9.59 Å². The Kier molecular flexibility index (Phi) is 5.96. The van der Waals surface area contributed by atoms with Crippen LogP contribution in [0.2, 0.25) is 0 Å². The van der Waals surface area contributed by atoms with E-state index in [1.54, 1.807) is 11.5 Å². The molecule has 0 bridgehead atoms. The smallest absolute Gasteiger partial charge is 0.332 e. The highest BCUT2D eigenvalue weighted by Crippen LogP contribution is 2.26. The van der Waals surface area contributed by atoms with Gasteiger partial charge in [0.05, 0.1) is 5.75 Å². The van der Waals surface area contributed by atoms with Crippen molar-refractivity contribution in [2.24, 2.45) is 13.0 Å². The van der Waals surface area contributed by atoms with Gasteiger partial charge in [-0.1, -0.05) is 48.5 Å². The molecule has 0 amide bonds. The molecule has 3 heterocycles. The van der Waals surface area contributed by atoms with Crippen molar-refractivity contribution >= 4 is 22.8 Å². The quantitative estimate of drug-likeness (QED) is 0.324. The fourth-order valence-electron chi connectivity index (χ4n) is 3.33. The second-order valence-corrected chi connectivity index (χ2v) is 9.06. The highest BCUT2D eigenvalue weighted by Gasteiger charge is 2.19. The zero-order valence-corrected chi connectivity index (χ0v) is 19.4. The van der Waals surface area contributed by atoms with Crippen molar-refractivity contribution in [2.75, 3.05) is 0 Å². The standard InChI is InChI=1S/C22H24N6O3S/c1-12(2)10-28-18-17(21(29)27(5)22(28)30)20(24-14(4)23-18)32-11-16-25-19(31-26-16)15-8-6-13(3)7-9-15/h6-9,12H,10-11H2,1-5H3. The Balaban J connectivity index is 1.71. The van der Waals surface area contributed by atoms with E-state index in [0.717, 1.165) is 15.7 Å². The summed E-state index contributed by atoms with van der Waals surface area (Å²) in [5.41, 5.74) is 1.55. The summed E-state index contributed by atoms with van der Waals surface area (Å²) in [4.78, 5) is 39.1. The monoisotopic (exact) mass is 452 g/mol. The van der Waals surface area contributed by atoms with Crippen LogP contribution in [0.1, 0.15) is 31.1 Å². The van der Waals surface area contributed by atoms with E-state index in [1.807, 2.05) is 45.0 Å². The molecule has 0 radical (unpaired) electrons. The maximum atomic E-state index is 13.0. The largest absolute Gasteiger partial charge is 0.334 e. The van der Waals surface area contributed by atoms with E-state index in [1.165, 1.54) is 18.8 Å². The summed E-state index contributed by atoms with van der Waals surface area (Å²) >= 11 is 1.32. The molecular weight excluding hydrogens is 428 g/mol. The Morgan fingerprint density at radius 3 is 2.47 bits per heavy atom. The highest BCUT2D eigenvalue weighted by molar-refractivity contribution is 7.98. The van der Waals surface area contributed by atoms with Gasteiger partial charge in [-0.2, -0.15) is 4.98 Å². The van der Waals surface area contributed by atoms with Gasteiger partial charge in [-0.3, -0.25) is 13.9 Å². The molecule has 0 N–H and O–H groups in total. The van der Waals surface area contributed by atoms with E-state index < -0.39 is 5.56 Å². The molecule has 9 nitrogen and oxygen atoms in total. The van der Waals surface area contributed by atoms with Crippen LogP contribution < -0.4 is 11.2 Å². The Bertz CT molecular complexity index is 1400. The average molecular weight is 453 g/mol. The van der Waals surface area contributed by atoms with Gasteiger partial charge in [-0.05, 0) is 31.9 Å². The van der Waals surface area contributed by atoms with Crippen LogP contribution in [0.3, 0.4) is 0 Å². The van der Waals surface area contributed by atoms with Gasteiger partial charge in [0.15, 0.2) is 11.5 Å². The van der Waals surface area contributed by atoms with E-state index in [4.69, 9.17) is 4.52 Å². The molecule has 4 aromatic rings. The normalized spacial score (nSPS) is 11.6. The third kappa shape index (κ3) is 4.22. The van der Waals surface area contributed by atoms with E-state index in [-0.39, 0.29) is 11.6 Å². The van der Waals surface area contributed by atoms with Crippen LogP contribution in [0.5, 0.6) is 0 Å². The summed E-state index contributed by atoms with van der Waals surface area (Å²) < 4.78 is 8.05. The molecule has 3 aromatic heterocycles. The second-order valence-electron chi connectivity index (χ2n) is 8.10. The topological polar surface area (TPSA) is 109 Å². The van der Waals surface area contributed by atoms with Crippen LogP contribution in [0, 0.1) is 19.8 Å². The predicted molar refractivity (Wildman–Crippen MR) is 123 cm³/mol. The Morgan fingerprint density at radius 1 is 1.06 bits per heavy atom. The number of aromatic nitrogens is 6. The van der Waals surface area contributed by atoms with Crippen LogP contribution in [0.25, 0.3) is 22.5 Å². The molecule has 0 saturated carbocycles. The fraction of sp³-hybridized carbons (Fsp3) is 0.364. The van der Waals surface area contributed by atoms with Gasteiger partial charge < -0.3 is 4.52 Å². The fourth-order valence-corrected chi connectivity index (χ4v) is 4.24. The van der Waals surface area contributed by atoms with Gasteiger partial charge in [0.1, 0.15) is 16.2 Å². The van der Waals surface area contributed by atoms with Crippen molar-refractivity contribution in [1.29, 1.82) is 0 Å². The molecule has 4 rings (SSSR count). The van der Waals surface area contributed by atoms with E-state index in [2.05, 4.69) is 20.1 Å². The number of thioether (sulfide) groups is 1. The summed E-state index contributed by atoms with van der Waals surface area (Å²) in [6, 6.07) is 7.82. The first kappa shape index (κ1) is 21.9. The first-order valence-electron chi connectivity index (χ1n) is 10.2. The molecule has 0 atom stereocenters. The van der Waals surface area contributed by atoms with Gasteiger partial charge in [-0.15, -0.1) is 0 Å². The van der Waals surface area contributed by atoms with E-state index in [0.29, 0.717) is 45.9 Å². The zero-order chi connectivity index (χ0) is 23.0. The summed E-state index contributed by atoms with van der Waals surface area (Å²) in [6.07, 6.45) is 0. The molecule has 0 fully saturated rings. The van der Waals surface area contributed by atoms with Gasteiger partial charge in [0.2, 0.25) is 0 Å². The lowest BCUT2D eigenvalue weighted by molar-refractivity contribution is 0.425. The number of hydrogen-bond donors (Lipinski definition) is 0. The molecule has 0 aliphatic carbocycles. The van der Waals surface area contributed by atoms with Crippen molar-refractivity contribution < 1.29 is 4.52 Å². The first-order valence-corrected chi connectivity index (χ1v) is 11.2.